The summed E-state index contributed by atoms with van der Waals surface area (Å²) in [6.07, 6.45) is 2.30. The van der Waals surface area contributed by atoms with Crippen LogP contribution in [0.2, 0.25) is 0 Å². The first kappa shape index (κ1) is 12.1. The zero-order valence-corrected chi connectivity index (χ0v) is 11.3. The summed E-state index contributed by atoms with van der Waals surface area (Å²) in [7, 11) is 0. The molecule has 0 spiro atoms. The van der Waals surface area contributed by atoms with Crippen LogP contribution in [0.5, 0.6) is 0 Å². The van der Waals surface area contributed by atoms with Crippen molar-refractivity contribution in [2.75, 3.05) is 0 Å². The first-order valence-corrected chi connectivity index (χ1v) is 6.31. The van der Waals surface area contributed by atoms with Gasteiger partial charge in [0.2, 0.25) is 5.78 Å². The van der Waals surface area contributed by atoms with Gasteiger partial charge in [-0.15, -0.1) is 0 Å². The summed E-state index contributed by atoms with van der Waals surface area (Å²) in [4.78, 5) is 12.3. The van der Waals surface area contributed by atoms with E-state index in [4.69, 9.17) is 4.42 Å². The number of aryl methyl sites for hydroxylation is 2. The molecule has 0 atom stereocenters. The molecule has 4 nitrogen and oxygen atoms in total. The molecule has 2 aromatic heterocycles. The lowest BCUT2D eigenvalue weighted by molar-refractivity contribution is 0.0998. The zero-order valence-electron chi connectivity index (χ0n) is 9.74. The number of aromatic nitrogens is 2. The van der Waals surface area contributed by atoms with Crippen LogP contribution in [0, 0.1) is 0 Å². The number of hydrogen-bond donors (Lipinski definition) is 0. The van der Waals surface area contributed by atoms with E-state index in [9.17, 15) is 4.79 Å². The maximum absolute atomic E-state index is 12.3. The predicted octanol–water partition coefficient (Wildman–Crippen LogP) is 3.05. The lowest BCUT2D eigenvalue weighted by Gasteiger charge is -2.01. The first-order chi connectivity index (χ1) is 8.17. The van der Waals surface area contributed by atoms with Gasteiger partial charge >= 0.3 is 0 Å². The van der Waals surface area contributed by atoms with Crippen LogP contribution >= 0.6 is 15.9 Å². The number of rotatable bonds is 4. The molecular weight excluding hydrogens is 284 g/mol. The minimum absolute atomic E-state index is 0.143. The largest absolute Gasteiger partial charge is 0.460 e. The monoisotopic (exact) mass is 296 g/mol. The number of furan rings is 1. The van der Waals surface area contributed by atoms with E-state index >= 15 is 0 Å². The van der Waals surface area contributed by atoms with E-state index in [1.165, 1.54) is 6.26 Å². The number of halogens is 1. The maximum atomic E-state index is 12.3. The number of ketones is 1. The second-order valence-electron chi connectivity index (χ2n) is 3.62. The summed E-state index contributed by atoms with van der Waals surface area (Å²) in [5, 5.41) is 4.35. The highest BCUT2D eigenvalue weighted by molar-refractivity contribution is 9.10. The fraction of sp³-hybridized carbons (Fsp3) is 0.333. The van der Waals surface area contributed by atoms with Crippen molar-refractivity contribution in [1.29, 1.82) is 0 Å². The minimum atomic E-state index is -0.143. The molecular formula is C12H13BrN2O2. The highest BCUT2D eigenvalue weighted by Gasteiger charge is 2.20. The summed E-state index contributed by atoms with van der Waals surface area (Å²) in [6, 6.07) is 3.53. The minimum Gasteiger partial charge on any atom is -0.460 e. The van der Waals surface area contributed by atoms with Gasteiger partial charge in [-0.25, -0.2) is 0 Å². The Bertz CT molecular complexity index is 542. The highest BCUT2D eigenvalue weighted by Crippen LogP contribution is 2.21. The van der Waals surface area contributed by atoms with Crippen LogP contribution in [-0.4, -0.2) is 15.6 Å². The van der Waals surface area contributed by atoms with Crippen molar-refractivity contribution in [2.45, 2.75) is 26.8 Å². The second-order valence-corrected chi connectivity index (χ2v) is 4.47. The Kier molecular flexibility index (Phi) is 3.47. The van der Waals surface area contributed by atoms with Crippen LogP contribution in [0.4, 0.5) is 0 Å². The topological polar surface area (TPSA) is 48.0 Å². The van der Waals surface area contributed by atoms with Gasteiger partial charge in [0.1, 0.15) is 5.69 Å². The lowest BCUT2D eigenvalue weighted by Crippen LogP contribution is -2.10. The molecule has 0 amide bonds. The van der Waals surface area contributed by atoms with Crippen molar-refractivity contribution in [3.63, 3.8) is 0 Å². The van der Waals surface area contributed by atoms with E-state index < -0.39 is 0 Å². The molecule has 0 aliphatic carbocycles. The molecule has 2 heterocycles. The molecule has 0 fully saturated rings. The van der Waals surface area contributed by atoms with Crippen LogP contribution in [0.15, 0.2) is 27.3 Å². The smallest absolute Gasteiger partial charge is 0.247 e. The third-order valence-corrected chi connectivity index (χ3v) is 3.17. The summed E-state index contributed by atoms with van der Waals surface area (Å²) in [5.41, 5.74) is 1.48. The van der Waals surface area contributed by atoms with Gasteiger partial charge in [-0.05, 0) is 41.4 Å². The van der Waals surface area contributed by atoms with Crippen LogP contribution in [0.25, 0.3) is 0 Å². The molecule has 0 aliphatic heterocycles. The van der Waals surface area contributed by atoms with E-state index in [0.29, 0.717) is 22.5 Å². The summed E-state index contributed by atoms with van der Waals surface area (Å²) >= 11 is 3.29. The first-order valence-electron chi connectivity index (χ1n) is 5.51. The molecule has 0 unspecified atom stereocenters. The molecule has 0 aromatic carbocycles. The molecule has 0 bridgehead atoms. The van der Waals surface area contributed by atoms with E-state index in [2.05, 4.69) is 21.0 Å². The molecule has 17 heavy (non-hydrogen) atoms. The third-order valence-electron chi connectivity index (χ3n) is 2.55. The van der Waals surface area contributed by atoms with E-state index in [-0.39, 0.29) is 5.78 Å². The fourth-order valence-electron chi connectivity index (χ4n) is 1.64. The van der Waals surface area contributed by atoms with Gasteiger partial charge in [-0.2, -0.15) is 5.10 Å². The Balaban J connectivity index is 2.43. The van der Waals surface area contributed by atoms with Crippen molar-refractivity contribution >= 4 is 21.7 Å². The second kappa shape index (κ2) is 4.87. The zero-order chi connectivity index (χ0) is 12.4. The fourth-order valence-corrected chi connectivity index (χ4v) is 2.02. The van der Waals surface area contributed by atoms with Gasteiger partial charge in [-0.3, -0.25) is 9.48 Å². The van der Waals surface area contributed by atoms with Gasteiger partial charge in [0.15, 0.2) is 5.76 Å². The Hall–Kier alpha value is -1.36. The van der Waals surface area contributed by atoms with E-state index in [1.807, 2.05) is 19.9 Å². The van der Waals surface area contributed by atoms with Gasteiger partial charge < -0.3 is 4.42 Å². The Labute approximate surface area is 108 Å². The predicted molar refractivity (Wildman–Crippen MR) is 67.1 cm³/mol. The Morgan fingerprint density at radius 3 is 2.82 bits per heavy atom. The molecule has 0 saturated heterocycles. The SMILES string of the molecule is CCc1cc(C(=O)c2occc2Br)n(CC)n1. The quantitative estimate of drug-likeness (QED) is 0.815. The molecule has 90 valence electrons. The van der Waals surface area contributed by atoms with Gasteiger partial charge in [0.05, 0.1) is 16.4 Å². The standard InChI is InChI=1S/C12H13BrN2O2/c1-3-8-7-10(15(4-2)14-8)11(16)12-9(13)5-6-17-12/h5-7H,3-4H2,1-2H3. The third kappa shape index (κ3) is 2.20. The Morgan fingerprint density at radius 1 is 1.53 bits per heavy atom. The van der Waals surface area contributed by atoms with Crippen molar-refractivity contribution < 1.29 is 9.21 Å². The van der Waals surface area contributed by atoms with Crippen LogP contribution < -0.4 is 0 Å². The summed E-state index contributed by atoms with van der Waals surface area (Å²) in [6.45, 7) is 4.64. The van der Waals surface area contributed by atoms with Gasteiger partial charge in [0, 0.05) is 6.54 Å². The average Bonchev–Trinajstić information content (AvgIpc) is 2.93. The lowest BCUT2D eigenvalue weighted by atomic mass is 10.2. The number of nitrogens with zero attached hydrogens (tertiary/aromatic N) is 2. The molecule has 2 rings (SSSR count). The Morgan fingerprint density at radius 2 is 2.29 bits per heavy atom. The summed E-state index contributed by atoms with van der Waals surface area (Å²) < 4.78 is 7.56. The number of carbonyl (C=O) groups is 1. The molecule has 0 radical (unpaired) electrons. The van der Waals surface area contributed by atoms with E-state index in [1.54, 1.807) is 10.7 Å². The van der Waals surface area contributed by atoms with Gasteiger partial charge in [-0.1, -0.05) is 6.92 Å². The normalized spacial score (nSPS) is 10.8. The van der Waals surface area contributed by atoms with Crippen molar-refractivity contribution in [3.8, 4) is 0 Å². The molecule has 0 aliphatic rings. The van der Waals surface area contributed by atoms with Gasteiger partial charge in [0.25, 0.3) is 0 Å². The van der Waals surface area contributed by atoms with Crippen LogP contribution in [0.1, 0.15) is 35.8 Å². The number of hydrogen-bond acceptors (Lipinski definition) is 3. The molecule has 0 N–H and O–H groups in total. The summed E-state index contributed by atoms with van der Waals surface area (Å²) in [5.74, 6) is 0.179. The molecule has 5 heteroatoms. The number of carbonyl (C=O) groups excluding carboxylic acids is 1. The van der Waals surface area contributed by atoms with Crippen molar-refractivity contribution in [2.24, 2.45) is 0 Å². The van der Waals surface area contributed by atoms with Crippen molar-refractivity contribution in [3.05, 3.63) is 40.0 Å². The highest BCUT2D eigenvalue weighted by atomic mass is 79.9. The van der Waals surface area contributed by atoms with Crippen LogP contribution in [-0.2, 0) is 13.0 Å². The van der Waals surface area contributed by atoms with E-state index in [0.717, 1.165) is 12.1 Å². The molecule has 2 aromatic rings. The van der Waals surface area contributed by atoms with Crippen LogP contribution in [0.3, 0.4) is 0 Å². The molecule has 0 saturated carbocycles. The van der Waals surface area contributed by atoms with Crippen molar-refractivity contribution in [1.82, 2.24) is 9.78 Å². The maximum Gasteiger partial charge on any atom is 0.247 e. The average molecular weight is 297 g/mol.